The molecule has 0 bridgehead atoms. The van der Waals surface area contributed by atoms with E-state index in [1.54, 1.807) is 0 Å². The fourth-order valence-corrected chi connectivity index (χ4v) is 5.11. The van der Waals surface area contributed by atoms with E-state index >= 15 is 4.39 Å². The van der Waals surface area contributed by atoms with Crippen molar-refractivity contribution in [3.8, 4) is 28.5 Å². The highest BCUT2D eigenvalue weighted by molar-refractivity contribution is 7.92. The van der Waals surface area contributed by atoms with Crippen molar-refractivity contribution in [1.82, 2.24) is 20.5 Å². The molecule has 1 aliphatic heterocycles. The highest BCUT2D eigenvalue weighted by Gasteiger charge is 2.23. The zero-order valence-electron chi connectivity index (χ0n) is 19.8. The van der Waals surface area contributed by atoms with Crippen LogP contribution >= 0.6 is 0 Å². The molecule has 0 aliphatic carbocycles. The Bertz CT molecular complexity index is 1600. The number of H-pyrrole nitrogens is 1. The van der Waals surface area contributed by atoms with Gasteiger partial charge in [0.25, 0.3) is 0 Å². The lowest BCUT2D eigenvalue weighted by atomic mass is 9.93. The van der Waals surface area contributed by atoms with Gasteiger partial charge in [-0.1, -0.05) is 12.1 Å². The Hall–Kier alpha value is -4.01. The van der Waals surface area contributed by atoms with Gasteiger partial charge in [-0.05, 0) is 42.8 Å². The molecule has 2 aromatic heterocycles. The number of pyridine rings is 1. The van der Waals surface area contributed by atoms with Gasteiger partial charge in [-0.25, -0.2) is 17.8 Å². The van der Waals surface area contributed by atoms with E-state index in [-0.39, 0.29) is 22.5 Å². The van der Waals surface area contributed by atoms with Crippen LogP contribution in [0.15, 0.2) is 42.5 Å². The molecule has 0 atom stereocenters. The first-order valence-electron chi connectivity index (χ1n) is 11.4. The molecule has 0 radical (unpaired) electrons. The number of nitriles is 1. The van der Waals surface area contributed by atoms with Gasteiger partial charge in [0.15, 0.2) is 5.65 Å². The van der Waals surface area contributed by atoms with Crippen molar-refractivity contribution in [3.63, 3.8) is 0 Å². The fraction of sp³-hybridized carbons (Fsp3) is 0.240. The molecule has 0 unspecified atom stereocenters. The summed E-state index contributed by atoms with van der Waals surface area (Å²) in [5, 5.41) is 21.4. The van der Waals surface area contributed by atoms with Crippen molar-refractivity contribution >= 4 is 32.4 Å². The second-order valence-corrected chi connectivity index (χ2v) is 10.5. The Balaban J connectivity index is 1.66. The van der Waals surface area contributed by atoms with Crippen LogP contribution in [-0.2, 0) is 10.0 Å². The van der Waals surface area contributed by atoms with E-state index in [1.807, 2.05) is 31.2 Å². The van der Waals surface area contributed by atoms with Crippen molar-refractivity contribution in [2.24, 2.45) is 0 Å². The van der Waals surface area contributed by atoms with Gasteiger partial charge in [0.2, 0.25) is 10.0 Å². The van der Waals surface area contributed by atoms with Crippen molar-refractivity contribution in [2.75, 3.05) is 42.1 Å². The number of piperazine rings is 1. The SMILES string of the molecule is Cc1n[nH]c2nc(-c3ccc(NS(C)(=O)=O)cc3F)c(C#N)c(-c3ccc(N4CCNCC4)cc3)c12. The number of aromatic amines is 1. The van der Waals surface area contributed by atoms with Crippen LogP contribution in [0.25, 0.3) is 33.4 Å². The monoisotopic (exact) mass is 505 g/mol. The van der Waals surface area contributed by atoms with Gasteiger partial charge < -0.3 is 10.2 Å². The summed E-state index contributed by atoms with van der Waals surface area (Å²) in [6.07, 6.45) is 0.988. The van der Waals surface area contributed by atoms with E-state index in [0.717, 1.165) is 49.8 Å². The maximum absolute atomic E-state index is 15.2. The molecular formula is C25H24FN7O2S. The molecule has 1 aliphatic rings. The van der Waals surface area contributed by atoms with Gasteiger partial charge >= 0.3 is 0 Å². The van der Waals surface area contributed by atoms with Gasteiger partial charge in [0.05, 0.1) is 34.3 Å². The van der Waals surface area contributed by atoms with Crippen molar-refractivity contribution in [1.29, 1.82) is 5.26 Å². The number of aryl methyl sites for hydroxylation is 1. The van der Waals surface area contributed by atoms with E-state index in [1.165, 1.54) is 12.1 Å². The van der Waals surface area contributed by atoms with Crippen LogP contribution in [-0.4, -0.2) is 56.0 Å². The third-order valence-electron chi connectivity index (χ3n) is 6.17. The topological polar surface area (TPSA) is 127 Å². The number of nitrogens with zero attached hydrogens (tertiary/aromatic N) is 4. The molecule has 0 spiro atoms. The largest absolute Gasteiger partial charge is 0.369 e. The Morgan fingerprint density at radius 1 is 1.14 bits per heavy atom. The second kappa shape index (κ2) is 9.22. The van der Waals surface area contributed by atoms with Crippen LogP contribution in [0.5, 0.6) is 0 Å². The van der Waals surface area contributed by atoms with Crippen molar-refractivity contribution in [3.05, 3.63) is 59.5 Å². The zero-order chi connectivity index (χ0) is 25.4. The number of hydrogen-bond acceptors (Lipinski definition) is 7. The standard InChI is InChI=1S/C25H24FN7O2S/c1-15-22-23(16-3-6-18(7-4-16)33-11-9-28-10-12-33)20(14-27)24(29-25(22)31-30-15)19-8-5-17(13-21(19)26)32-36(2,34)35/h3-8,13,28,32H,9-12H2,1-2H3,(H,29,30,31). The highest BCUT2D eigenvalue weighted by Crippen LogP contribution is 2.39. The van der Waals surface area contributed by atoms with Gasteiger partial charge in [0, 0.05) is 43.0 Å². The molecule has 0 saturated carbocycles. The number of sulfonamides is 1. The summed E-state index contributed by atoms with van der Waals surface area (Å²) < 4.78 is 40.5. The summed E-state index contributed by atoms with van der Waals surface area (Å²) >= 11 is 0. The molecule has 11 heteroatoms. The number of nitrogens with one attached hydrogen (secondary N) is 3. The molecule has 1 fully saturated rings. The van der Waals surface area contributed by atoms with E-state index in [9.17, 15) is 13.7 Å². The van der Waals surface area contributed by atoms with Gasteiger partial charge in [-0.2, -0.15) is 10.4 Å². The molecule has 0 amide bonds. The summed E-state index contributed by atoms with van der Waals surface area (Å²) in [5.41, 5.74) is 4.14. The fourth-order valence-electron chi connectivity index (χ4n) is 4.55. The molecule has 3 N–H and O–H groups in total. The predicted octanol–water partition coefficient (Wildman–Crippen LogP) is 3.39. The van der Waals surface area contributed by atoms with Crippen LogP contribution in [0.4, 0.5) is 15.8 Å². The third kappa shape index (κ3) is 4.48. The molecule has 4 aromatic rings. The quantitative estimate of drug-likeness (QED) is 0.379. The number of rotatable bonds is 5. The lowest BCUT2D eigenvalue weighted by Crippen LogP contribution is -2.43. The summed E-state index contributed by atoms with van der Waals surface area (Å²) in [7, 11) is -3.57. The first-order valence-corrected chi connectivity index (χ1v) is 13.3. The average Bonchev–Trinajstić information content (AvgIpc) is 3.23. The summed E-state index contributed by atoms with van der Waals surface area (Å²) in [6.45, 7) is 5.50. The normalized spacial score (nSPS) is 14.1. The maximum Gasteiger partial charge on any atom is 0.229 e. The lowest BCUT2D eigenvalue weighted by Gasteiger charge is -2.29. The number of anilines is 2. The lowest BCUT2D eigenvalue weighted by molar-refractivity contribution is 0.589. The number of halogens is 1. The first kappa shape index (κ1) is 23.7. The Kier molecular flexibility index (Phi) is 6.07. The zero-order valence-corrected chi connectivity index (χ0v) is 20.6. The average molecular weight is 506 g/mol. The molecule has 36 heavy (non-hydrogen) atoms. The van der Waals surface area contributed by atoms with E-state index in [4.69, 9.17) is 0 Å². The summed E-state index contributed by atoms with van der Waals surface area (Å²) in [4.78, 5) is 6.84. The molecule has 5 rings (SSSR count). The van der Waals surface area contributed by atoms with Crippen LogP contribution in [0.1, 0.15) is 11.3 Å². The second-order valence-electron chi connectivity index (χ2n) is 8.71. The van der Waals surface area contributed by atoms with Crippen molar-refractivity contribution in [2.45, 2.75) is 6.92 Å². The highest BCUT2D eigenvalue weighted by atomic mass is 32.2. The third-order valence-corrected chi connectivity index (χ3v) is 6.77. The minimum atomic E-state index is -3.57. The maximum atomic E-state index is 15.2. The molecular weight excluding hydrogens is 481 g/mol. The smallest absolute Gasteiger partial charge is 0.229 e. The predicted molar refractivity (Wildman–Crippen MR) is 138 cm³/mol. The molecule has 2 aromatic carbocycles. The van der Waals surface area contributed by atoms with Crippen LogP contribution < -0.4 is 14.9 Å². The Labute approximate surface area is 208 Å². The Morgan fingerprint density at radius 3 is 2.50 bits per heavy atom. The van der Waals surface area contributed by atoms with Crippen LogP contribution in [0.3, 0.4) is 0 Å². The van der Waals surface area contributed by atoms with E-state index in [2.05, 4.69) is 36.2 Å². The van der Waals surface area contributed by atoms with Crippen LogP contribution in [0.2, 0.25) is 0 Å². The minimum absolute atomic E-state index is 0.0819. The number of benzene rings is 2. The Morgan fingerprint density at radius 2 is 1.86 bits per heavy atom. The first-order chi connectivity index (χ1) is 17.2. The number of aromatic nitrogens is 3. The summed E-state index contributed by atoms with van der Waals surface area (Å²) in [5.74, 6) is -0.705. The number of fused-ring (bicyclic) bond motifs is 1. The molecule has 184 valence electrons. The van der Waals surface area contributed by atoms with E-state index in [0.29, 0.717) is 22.3 Å². The van der Waals surface area contributed by atoms with E-state index < -0.39 is 15.8 Å². The number of hydrogen-bond donors (Lipinski definition) is 3. The van der Waals surface area contributed by atoms with Crippen molar-refractivity contribution < 1.29 is 12.8 Å². The van der Waals surface area contributed by atoms with Gasteiger partial charge in [0.1, 0.15) is 11.9 Å². The van der Waals surface area contributed by atoms with Crippen LogP contribution in [0, 0.1) is 24.1 Å². The summed E-state index contributed by atoms with van der Waals surface area (Å²) in [6, 6.07) is 14.1. The minimum Gasteiger partial charge on any atom is -0.369 e. The molecule has 9 nitrogen and oxygen atoms in total. The molecule has 1 saturated heterocycles. The molecule has 3 heterocycles. The van der Waals surface area contributed by atoms with Gasteiger partial charge in [-0.15, -0.1) is 0 Å². The van der Waals surface area contributed by atoms with Gasteiger partial charge in [-0.3, -0.25) is 9.82 Å².